The van der Waals surface area contributed by atoms with E-state index >= 15 is 0 Å². The molecule has 0 aliphatic heterocycles. The SMILES string of the molecule is CCCOc1cccc(C(O)C(O)CNC)c1. The monoisotopic (exact) mass is 239 g/mol. The fraction of sp³-hybridized carbons (Fsp3) is 0.538. The van der Waals surface area contributed by atoms with Crippen LogP contribution in [0.15, 0.2) is 24.3 Å². The Bertz CT molecular complexity index is 330. The van der Waals surface area contributed by atoms with E-state index in [-0.39, 0.29) is 0 Å². The van der Waals surface area contributed by atoms with E-state index in [2.05, 4.69) is 5.32 Å². The number of rotatable bonds is 7. The summed E-state index contributed by atoms with van der Waals surface area (Å²) in [7, 11) is 1.73. The molecule has 0 saturated heterocycles. The van der Waals surface area contributed by atoms with Crippen molar-refractivity contribution < 1.29 is 14.9 Å². The Labute approximate surface area is 102 Å². The van der Waals surface area contributed by atoms with Crippen molar-refractivity contribution in [3.05, 3.63) is 29.8 Å². The van der Waals surface area contributed by atoms with Crippen LogP contribution < -0.4 is 10.1 Å². The van der Waals surface area contributed by atoms with Crippen molar-refractivity contribution in [3.63, 3.8) is 0 Å². The molecule has 4 nitrogen and oxygen atoms in total. The van der Waals surface area contributed by atoms with Crippen LogP contribution in [0.25, 0.3) is 0 Å². The van der Waals surface area contributed by atoms with E-state index < -0.39 is 12.2 Å². The maximum Gasteiger partial charge on any atom is 0.119 e. The topological polar surface area (TPSA) is 61.7 Å². The maximum atomic E-state index is 9.92. The van der Waals surface area contributed by atoms with E-state index in [9.17, 15) is 10.2 Å². The fourth-order valence-corrected chi connectivity index (χ4v) is 1.55. The average Bonchev–Trinajstić information content (AvgIpc) is 2.36. The minimum absolute atomic E-state index is 0.348. The Kier molecular flexibility index (Phi) is 5.97. The van der Waals surface area contributed by atoms with Gasteiger partial charge in [0.25, 0.3) is 0 Å². The Balaban J connectivity index is 2.69. The highest BCUT2D eigenvalue weighted by molar-refractivity contribution is 5.30. The molecule has 2 unspecified atom stereocenters. The summed E-state index contributed by atoms with van der Waals surface area (Å²) in [5, 5.41) is 22.4. The van der Waals surface area contributed by atoms with Gasteiger partial charge >= 0.3 is 0 Å². The quantitative estimate of drug-likeness (QED) is 0.666. The van der Waals surface area contributed by atoms with Gasteiger partial charge < -0.3 is 20.3 Å². The number of aliphatic hydroxyl groups excluding tert-OH is 2. The Morgan fingerprint density at radius 2 is 2.12 bits per heavy atom. The summed E-state index contributed by atoms with van der Waals surface area (Å²) in [4.78, 5) is 0. The van der Waals surface area contributed by atoms with Gasteiger partial charge in [0.2, 0.25) is 0 Å². The summed E-state index contributed by atoms with van der Waals surface area (Å²) >= 11 is 0. The van der Waals surface area contributed by atoms with Crippen LogP contribution in [0.2, 0.25) is 0 Å². The van der Waals surface area contributed by atoms with E-state index in [0.29, 0.717) is 18.7 Å². The summed E-state index contributed by atoms with van der Waals surface area (Å²) in [6.07, 6.45) is -0.774. The van der Waals surface area contributed by atoms with Gasteiger partial charge in [0.1, 0.15) is 11.9 Å². The molecule has 0 aromatic heterocycles. The van der Waals surface area contributed by atoms with Gasteiger partial charge in [-0.15, -0.1) is 0 Å². The lowest BCUT2D eigenvalue weighted by Gasteiger charge is -2.18. The molecular formula is C13H21NO3. The molecule has 0 radical (unpaired) electrons. The van der Waals surface area contributed by atoms with Crippen LogP contribution in [-0.2, 0) is 0 Å². The van der Waals surface area contributed by atoms with E-state index in [0.717, 1.165) is 12.2 Å². The van der Waals surface area contributed by atoms with Crippen LogP contribution in [0.1, 0.15) is 25.0 Å². The number of likely N-dealkylation sites (N-methyl/N-ethyl adjacent to an activating group) is 1. The molecule has 2 atom stereocenters. The number of benzene rings is 1. The lowest BCUT2D eigenvalue weighted by molar-refractivity contribution is 0.0201. The predicted molar refractivity (Wildman–Crippen MR) is 67.1 cm³/mol. The highest BCUT2D eigenvalue weighted by atomic mass is 16.5. The summed E-state index contributed by atoms with van der Waals surface area (Å²) in [6, 6.07) is 7.20. The van der Waals surface area contributed by atoms with Gasteiger partial charge in [-0.05, 0) is 31.2 Å². The third-order valence-electron chi connectivity index (χ3n) is 2.45. The van der Waals surface area contributed by atoms with E-state index in [1.165, 1.54) is 0 Å². The number of ether oxygens (including phenoxy) is 1. The molecule has 96 valence electrons. The Morgan fingerprint density at radius 1 is 1.35 bits per heavy atom. The van der Waals surface area contributed by atoms with Crippen molar-refractivity contribution in [2.24, 2.45) is 0 Å². The first kappa shape index (κ1) is 14.0. The third-order valence-corrected chi connectivity index (χ3v) is 2.45. The van der Waals surface area contributed by atoms with Crippen LogP contribution >= 0.6 is 0 Å². The molecule has 17 heavy (non-hydrogen) atoms. The normalized spacial score (nSPS) is 14.4. The molecule has 0 spiro atoms. The summed E-state index contributed by atoms with van der Waals surface area (Å²) < 4.78 is 5.48. The molecule has 1 rings (SSSR count). The molecule has 3 N–H and O–H groups in total. The minimum atomic E-state index is -0.896. The van der Waals surface area contributed by atoms with E-state index in [1.807, 2.05) is 19.1 Å². The third kappa shape index (κ3) is 4.34. The van der Waals surface area contributed by atoms with E-state index in [4.69, 9.17) is 4.74 Å². The van der Waals surface area contributed by atoms with Crippen LogP contribution in [0.3, 0.4) is 0 Å². The lowest BCUT2D eigenvalue weighted by Crippen LogP contribution is -2.29. The van der Waals surface area contributed by atoms with Crippen molar-refractivity contribution >= 4 is 0 Å². The molecule has 4 heteroatoms. The fourth-order valence-electron chi connectivity index (χ4n) is 1.55. The van der Waals surface area contributed by atoms with Gasteiger partial charge in [-0.3, -0.25) is 0 Å². The van der Waals surface area contributed by atoms with Crippen molar-refractivity contribution in [2.45, 2.75) is 25.6 Å². The zero-order valence-corrected chi connectivity index (χ0v) is 10.4. The van der Waals surface area contributed by atoms with Gasteiger partial charge in [0.15, 0.2) is 0 Å². The van der Waals surface area contributed by atoms with Crippen LogP contribution in [0.4, 0.5) is 0 Å². The van der Waals surface area contributed by atoms with Crippen LogP contribution in [-0.4, -0.2) is 36.5 Å². The molecule has 1 aromatic rings. The average molecular weight is 239 g/mol. The first-order valence-corrected chi connectivity index (χ1v) is 5.92. The number of hydrogen-bond acceptors (Lipinski definition) is 4. The minimum Gasteiger partial charge on any atom is -0.494 e. The highest BCUT2D eigenvalue weighted by Crippen LogP contribution is 2.21. The molecule has 0 bridgehead atoms. The summed E-state index contributed by atoms with van der Waals surface area (Å²) in [6.45, 7) is 3.04. The molecule has 0 aliphatic carbocycles. The first-order chi connectivity index (χ1) is 8.19. The smallest absolute Gasteiger partial charge is 0.119 e. The van der Waals surface area contributed by atoms with Gasteiger partial charge in [-0.1, -0.05) is 19.1 Å². The molecule has 0 fully saturated rings. The van der Waals surface area contributed by atoms with Gasteiger partial charge in [0, 0.05) is 6.54 Å². The van der Waals surface area contributed by atoms with Crippen LogP contribution in [0, 0.1) is 0 Å². The zero-order valence-electron chi connectivity index (χ0n) is 10.4. The maximum absolute atomic E-state index is 9.92. The summed E-state index contributed by atoms with van der Waals surface area (Å²) in [5.74, 6) is 0.722. The first-order valence-electron chi connectivity index (χ1n) is 5.92. The molecule has 0 aliphatic rings. The predicted octanol–water partition coefficient (Wildman–Crippen LogP) is 1.09. The second-order valence-electron chi connectivity index (χ2n) is 3.99. The second kappa shape index (κ2) is 7.27. The largest absolute Gasteiger partial charge is 0.494 e. The Morgan fingerprint density at radius 3 is 2.76 bits per heavy atom. The van der Waals surface area contributed by atoms with Crippen molar-refractivity contribution in [1.29, 1.82) is 0 Å². The van der Waals surface area contributed by atoms with Gasteiger partial charge in [-0.25, -0.2) is 0 Å². The van der Waals surface area contributed by atoms with Crippen molar-refractivity contribution in [2.75, 3.05) is 20.2 Å². The number of aliphatic hydroxyl groups is 2. The second-order valence-corrected chi connectivity index (χ2v) is 3.99. The molecule has 1 aromatic carbocycles. The molecule has 0 heterocycles. The van der Waals surface area contributed by atoms with Gasteiger partial charge in [-0.2, -0.15) is 0 Å². The zero-order chi connectivity index (χ0) is 12.7. The van der Waals surface area contributed by atoms with Crippen molar-refractivity contribution in [1.82, 2.24) is 5.32 Å². The highest BCUT2D eigenvalue weighted by Gasteiger charge is 2.17. The van der Waals surface area contributed by atoms with Crippen molar-refractivity contribution in [3.8, 4) is 5.75 Å². The molecule has 0 amide bonds. The molecule has 0 saturated carbocycles. The number of nitrogens with one attached hydrogen (secondary N) is 1. The Hall–Kier alpha value is -1.10. The van der Waals surface area contributed by atoms with Gasteiger partial charge in [0.05, 0.1) is 12.7 Å². The standard InChI is InChI=1S/C13H21NO3/c1-3-7-17-11-6-4-5-10(8-11)13(16)12(15)9-14-2/h4-6,8,12-16H,3,7,9H2,1-2H3. The number of hydrogen-bond donors (Lipinski definition) is 3. The van der Waals surface area contributed by atoms with E-state index in [1.54, 1.807) is 19.2 Å². The molecular weight excluding hydrogens is 218 g/mol. The lowest BCUT2D eigenvalue weighted by atomic mass is 10.0. The summed E-state index contributed by atoms with van der Waals surface area (Å²) in [5.41, 5.74) is 0.668. The van der Waals surface area contributed by atoms with Crippen LogP contribution in [0.5, 0.6) is 5.75 Å².